The molecular weight excluding hydrogens is 305 g/mol. The summed E-state index contributed by atoms with van der Waals surface area (Å²) < 4.78 is 13.7. The first-order chi connectivity index (χ1) is 8.90. The maximum Gasteiger partial charge on any atom is 0.137 e. The van der Waals surface area contributed by atoms with E-state index in [0.717, 1.165) is 11.5 Å². The zero-order valence-corrected chi connectivity index (χ0v) is 13.9. The highest BCUT2D eigenvalue weighted by Crippen LogP contribution is 2.22. The van der Waals surface area contributed by atoms with Crippen LogP contribution in [0.25, 0.3) is 0 Å². The van der Waals surface area contributed by atoms with Crippen molar-refractivity contribution in [3.05, 3.63) is 34.1 Å². The molecule has 0 spiro atoms. The van der Waals surface area contributed by atoms with E-state index >= 15 is 0 Å². The molecule has 1 N–H and O–H groups in total. The van der Waals surface area contributed by atoms with Crippen LogP contribution >= 0.6 is 15.9 Å². The molecule has 1 aromatic carbocycles. The molecule has 0 aromatic heterocycles. The maximum absolute atomic E-state index is 13.2. The third kappa shape index (κ3) is 6.05. The Bertz CT molecular complexity index is 392. The van der Waals surface area contributed by atoms with Crippen LogP contribution in [0, 0.1) is 11.7 Å². The van der Waals surface area contributed by atoms with Gasteiger partial charge in [0.2, 0.25) is 0 Å². The van der Waals surface area contributed by atoms with Gasteiger partial charge in [-0.05, 0) is 59.8 Å². The molecule has 1 aromatic rings. The van der Waals surface area contributed by atoms with E-state index in [1.165, 1.54) is 25.3 Å². The summed E-state index contributed by atoms with van der Waals surface area (Å²) in [6.07, 6.45) is 3.72. The van der Waals surface area contributed by atoms with E-state index in [9.17, 15) is 4.39 Å². The van der Waals surface area contributed by atoms with Crippen molar-refractivity contribution >= 4 is 15.9 Å². The third-order valence-corrected chi connectivity index (χ3v) is 4.00. The van der Waals surface area contributed by atoms with Crippen molar-refractivity contribution in [1.82, 2.24) is 5.32 Å². The van der Waals surface area contributed by atoms with E-state index in [4.69, 9.17) is 0 Å². The first-order valence-electron chi connectivity index (χ1n) is 7.11. The van der Waals surface area contributed by atoms with Gasteiger partial charge in [0, 0.05) is 12.1 Å². The minimum absolute atomic E-state index is 0.207. The molecule has 0 aliphatic rings. The maximum atomic E-state index is 13.2. The molecule has 0 saturated heterocycles. The van der Waals surface area contributed by atoms with E-state index < -0.39 is 0 Å². The molecule has 0 bridgehead atoms. The van der Waals surface area contributed by atoms with Gasteiger partial charge >= 0.3 is 0 Å². The first kappa shape index (κ1) is 16.6. The Morgan fingerprint density at radius 2 is 1.84 bits per heavy atom. The normalized spacial score (nSPS) is 14.7. The van der Waals surface area contributed by atoms with Crippen LogP contribution in [0.1, 0.15) is 58.6 Å². The van der Waals surface area contributed by atoms with Crippen LogP contribution in [0.5, 0.6) is 0 Å². The molecule has 0 saturated carbocycles. The van der Waals surface area contributed by atoms with Gasteiger partial charge in [0.05, 0.1) is 4.47 Å². The fraction of sp³-hybridized carbons (Fsp3) is 0.625. The molecule has 19 heavy (non-hydrogen) atoms. The van der Waals surface area contributed by atoms with Crippen molar-refractivity contribution in [2.45, 2.75) is 59.0 Å². The molecule has 0 heterocycles. The lowest BCUT2D eigenvalue weighted by Gasteiger charge is -2.21. The van der Waals surface area contributed by atoms with Gasteiger partial charge in [-0.3, -0.25) is 0 Å². The minimum Gasteiger partial charge on any atom is -0.308 e. The topological polar surface area (TPSA) is 12.0 Å². The lowest BCUT2D eigenvalue weighted by Crippen LogP contribution is -2.29. The van der Waals surface area contributed by atoms with Crippen LogP contribution in [0.4, 0.5) is 4.39 Å². The first-order valence-corrected chi connectivity index (χ1v) is 7.90. The number of halogens is 2. The molecule has 2 atom stereocenters. The van der Waals surface area contributed by atoms with Crippen LogP contribution in [0.2, 0.25) is 0 Å². The van der Waals surface area contributed by atoms with Crippen molar-refractivity contribution in [1.29, 1.82) is 0 Å². The molecule has 108 valence electrons. The van der Waals surface area contributed by atoms with Crippen LogP contribution in [-0.4, -0.2) is 6.04 Å². The van der Waals surface area contributed by atoms with Gasteiger partial charge in [-0.25, -0.2) is 4.39 Å². The van der Waals surface area contributed by atoms with Gasteiger partial charge in [0.25, 0.3) is 0 Å². The van der Waals surface area contributed by atoms with Crippen molar-refractivity contribution in [3.63, 3.8) is 0 Å². The molecule has 0 fully saturated rings. The summed E-state index contributed by atoms with van der Waals surface area (Å²) in [6, 6.07) is 5.94. The molecule has 2 unspecified atom stereocenters. The van der Waals surface area contributed by atoms with E-state index in [2.05, 4.69) is 48.9 Å². The molecular formula is C16H25BrFN. The molecule has 3 heteroatoms. The zero-order chi connectivity index (χ0) is 14.4. The summed E-state index contributed by atoms with van der Waals surface area (Å²) in [5, 5.41) is 3.57. The highest BCUT2D eigenvalue weighted by molar-refractivity contribution is 9.10. The standard InChI is InChI=1S/C16H25BrFN/c1-11(2)6-5-7-12(3)19-13(4)14-8-9-16(18)15(17)10-14/h8-13,19H,5-7H2,1-4H3. The molecule has 1 nitrogen and oxygen atoms in total. The summed E-state index contributed by atoms with van der Waals surface area (Å²) in [6.45, 7) is 8.86. The van der Waals surface area contributed by atoms with E-state index in [-0.39, 0.29) is 11.9 Å². The van der Waals surface area contributed by atoms with Gasteiger partial charge in [-0.2, -0.15) is 0 Å². The van der Waals surface area contributed by atoms with Crippen molar-refractivity contribution in [2.75, 3.05) is 0 Å². The Balaban J connectivity index is 2.44. The monoisotopic (exact) mass is 329 g/mol. The Morgan fingerprint density at radius 3 is 2.42 bits per heavy atom. The molecule has 0 radical (unpaired) electrons. The summed E-state index contributed by atoms with van der Waals surface area (Å²) in [5.41, 5.74) is 1.11. The summed E-state index contributed by atoms with van der Waals surface area (Å²) >= 11 is 3.24. The van der Waals surface area contributed by atoms with E-state index in [0.29, 0.717) is 10.5 Å². The van der Waals surface area contributed by atoms with E-state index in [1.54, 1.807) is 0 Å². The second-order valence-corrected chi connectivity index (χ2v) is 6.64. The predicted octanol–water partition coefficient (Wildman–Crippen LogP) is 5.45. The Labute approximate surface area is 125 Å². The smallest absolute Gasteiger partial charge is 0.137 e. The van der Waals surface area contributed by atoms with Gasteiger partial charge in [0.1, 0.15) is 5.82 Å². The number of benzene rings is 1. The van der Waals surface area contributed by atoms with Gasteiger partial charge in [0.15, 0.2) is 0 Å². The fourth-order valence-corrected chi connectivity index (χ4v) is 2.62. The van der Waals surface area contributed by atoms with Crippen molar-refractivity contribution in [3.8, 4) is 0 Å². The summed E-state index contributed by atoms with van der Waals surface area (Å²) in [4.78, 5) is 0. The zero-order valence-electron chi connectivity index (χ0n) is 12.3. The van der Waals surface area contributed by atoms with Crippen LogP contribution in [0.3, 0.4) is 0 Å². The Hall–Kier alpha value is -0.410. The highest BCUT2D eigenvalue weighted by atomic mass is 79.9. The molecule has 0 aliphatic carbocycles. The van der Waals surface area contributed by atoms with Gasteiger partial charge in [-0.15, -0.1) is 0 Å². The van der Waals surface area contributed by atoms with E-state index in [1.807, 2.05) is 12.1 Å². The van der Waals surface area contributed by atoms with Gasteiger partial charge < -0.3 is 5.32 Å². The average molecular weight is 330 g/mol. The number of hydrogen-bond donors (Lipinski definition) is 1. The van der Waals surface area contributed by atoms with Gasteiger partial charge in [-0.1, -0.05) is 32.8 Å². The fourth-order valence-electron chi connectivity index (χ4n) is 2.22. The Morgan fingerprint density at radius 1 is 1.16 bits per heavy atom. The highest BCUT2D eigenvalue weighted by Gasteiger charge is 2.11. The summed E-state index contributed by atoms with van der Waals surface area (Å²) in [7, 11) is 0. The lowest BCUT2D eigenvalue weighted by atomic mass is 10.0. The Kier molecular flexibility index (Phi) is 7.01. The van der Waals surface area contributed by atoms with Crippen LogP contribution < -0.4 is 5.32 Å². The third-order valence-electron chi connectivity index (χ3n) is 3.40. The number of nitrogens with one attached hydrogen (secondary N) is 1. The van der Waals surface area contributed by atoms with Crippen LogP contribution in [0.15, 0.2) is 22.7 Å². The number of rotatable bonds is 7. The number of hydrogen-bond acceptors (Lipinski definition) is 1. The van der Waals surface area contributed by atoms with Crippen molar-refractivity contribution in [2.24, 2.45) is 5.92 Å². The van der Waals surface area contributed by atoms with Crippen molar-refractivity contribution < 1.29 is 4.39 Å². The second kappa shape index (κ2) is 8.01. The largest absolute Gasteiger partial charge is 0.308 e. The molecule has 1 rings (SSSR count). The summed E-state index contributed by atoms with van der Waals surface area (Å²) in [5.74, 6) is 0.568. The second-order valence-electron chi connectivity index (χ2n) is 5.79. The SMILES string of the molecule is CC(C)CCCC(C)NC(C)c1ccc(F)c(Br)c1. The molecule has 0 aliphatic heterocycles. The minimum atomic E-state index is -0.207. The quantitative estimate of drug-likeness (QED) is 0.700. The average Bonchev–Trinajstić information content (AvgIpc) is 2.32. The molecule has 0 amide bonds. The van der Waals surface area contributed by atoms with Crippen LogP contribution in [-0.2, 0) is 0 Å². The predicted molar refractivity (Wildman–Crippen MR) is 83.8 cm³/mol. The lowest BCUT2D eigenvalue weighted by molar-refractivity contribution is 0.423.